The fourth-order valence-corrected chi connectivity index (χ4v) is 7.83. The molecule has 1 aromatic heterocycles. The maximum atomic E-state index is 14.9. The number of sulfonamides is 1. The summed E-state index contributed by atoms with van der Waals surface area (Å²) in [5.41, 5.74) is -2.72. The number of hydrogen-bond donors (Lipinski definition) is 0. The van der Waals surface area contributed by atoms with E-state index in [0.29, 0.717) is 30.5 Å². The molecule has 2 aliphatic rings. The number of aromatic nitrogens is 1. The molecule has 0 spiro atoms. The van der Waals surface area contributed by atoms with E-state index in [1.54, 1.807) is 29.3 Å². The van der Waals surface area contributed by atoms with Crippen LogP contribution in [0.2, 0.25) is 5.02 Å². The van der Waals surface area contributed by atoms with E-state index < -0.39 is 51.1 Å². The first kappa shape index (κ1) is 41.0. The maximum Gasteiger partial charge on any atom is 0.573 e. The van der Waals surface area contributed by atoms with Gasteiger partial charge in [-0.25, -0.2) is 13.4 Å². The van der Waals surface area contributed by atoms with Gasteiger partial charge in [0.15, 0.2) is 5.75 Å². The lowest BCUT2D eigenvalue weighted by Gasteiger charge is -2.36. The van der Waals surface area contributed by atoms with Crippen molar-refractivity contribution in [1.29, 1.82) is 0 Å². The van der Waals surface area contributed by atoms with E-state index in [0.717, 1.165) is 24.0 Å². The average Bonchev–Trinajstić information content (AvgIpc) is 3.37. The van der Waals surface area contributed by atoms with Gasteiger partial charge in [-0.15, -0.1) is 25.6 Å². The summed E-state index contributed by atoms with van der Waals surface area (Å²) in [7, 11) is -2.70. The van der Waals surface area contributed by atoms with Gasteiger partial charge in [0.25, 0.3) is 15.9 Å². The Bertz CT molecular complexity index is 2070. The number of methoxy groups -OCH3 is 2. The Morgan fingerprint density at radius 2 is 1.60 bits per heavy atom. The molecule has 2 amide bonds. The molecule has 6 rings (SSSR count). The van der Waals surface area contributed by atoms with Gasteiger partial charge in [-0.3, -0.25) is 9.59 Å². The number of carbonyl (C=O) groups excluding carboxylic acids is 2. The fourth-order valence-electron chi connectivity index (χ4n) is 6.10. The van der Waals surface area contributed by atoms with Crippen LogP contribution in [-0.4, -0.2) is 89.0 Å². The molecule has 3 aromatic carbocycles. The summed E-state index contributed by atoms with van der Waals surface area (Å²) in [6, 6.07) is 18.1. The predicted octanol–water partition coefficient (Wildman–Crippen LogP) is 4.59. The molecule has 0 radical (unpaired) electrons. The molecular weight excluding hydrogens is 768 g/mol. The van der Waals surface area contributed by atoms with Crippen molar-refractivity contribution in [2.45, 2.75) is 16.9 Å². The number of para-hydroxylation sites is 1. The number of pyridine rings is 1. The van der Waals surface area contributed by atoms with Crippen molar-refractivity contribution in [3.05, 3.63) is 101 Å². The van der Waals surface area contributed by atoms with Crippen molar-refractivity contribution in [3.63, 3.8) is 0 Å². The minimum Gasteiger partial charge on any atom is -0.497 e. The highest BCUT2D eigenvalue weighted by atomic mass is 35.5. The number of halogens is 5. The van der Waals surface area contributed by atoms with Crippen LogP contribution in [0.1, 0.15) is 11.1 Å². The summed E-state index contributed by atoms with van der Waals surface area (Å²) in [6.45, 7) is 0.841. The Kier molecular flexibility index (Phi) is 12.4. The molecule has 2 aliphatic heterocycles. The second-order valence-corrected chi connectivity index (χ2v) is 13.5. The second kappa shape index (κ2) is 16.1. The smallest absolute Gasteiger partial charge is 0.497 e. The highest BCUT2D eigenvalue weighted by molar-refractivity contribution is 7.93. The third-order valence-corrected chi connectivity index (χ3v) is 10.4. The SMILES string of the molecule is COc1ccc(S(=O)(=O)N2C(=O)C(OCC(=O)N3CCN(c4ccccn4)CC3)(c3ccccc3OC)c3cc(Cl)ccc32)c(OC(F)(F)F)c1.Cl.O. The van der Waals surface area contributed by atoms with E-state index in [4.69, 9.17) is 25.8 Å². The van der Waals surface area contributed by atoms with Crippen LogP contribution in [0.25, 0.3) is 0 Å². The van der Waals surface area contributed by atoms with Crippen LogP contribution in [0.3, 0.4) is 0 Å². The van der Waals surface area contributed by atoms with E-state index in [2.05, 4.69) is 9.72 Å². The molecule has 53 heavy (non-hydrogen) atoms. The molecule has 1 saturated heterocycles. The van der Waals surface area contributed by atoms with E-state index in [-0.39, 0.29) is 51.2 Å². The molecule has 284 valence electrons. The van der Waals surface area contributed by atoms with Gasteiger partial charge in [-0.2, -0.15) is 4.31 Å². The number of carbonyl (C=O) groups is 2. The standard InChI is InChI=1S/C34H30ClF3N4O8S.ClH.H2O/c1-47-23-11-13-29(28(20-23)50-34(36,37)38)51(45,46)42-26-12-10-22(35)19-25(26)33(32(42)44,24-7-3-4-8-27(24)48-2)49-21-31(43)41-17-15-40(16-18-41)30-9-5-6-14-39-30;;/h3-14,19-20H,15-18,21H2,1-2H3;1H;1H2. The number of amides is 2. The van der Waals surface area contributed by atoms with Gasteiger partial charge in [-0.05, 0) is 48.5 Å². The predicted molar refractivity (Wildman–Crippen MR) is 189 cm³/mol. The monoisotopic (exact) mass is 800 g/mol. The Morgan fingerprint density at radius 1 is 0.906 bits per heavy atom. The van der Waals surface area contributed by atoms with Gasteiger partial charge in [0, 0.05) is 54.6 Å². The van der Waals surface area contributed by atoms with E-state index >= 15 is 0 Å². The Balaban J connectivity index is 0.00000314. The first-order valence-corrected chi connectivity index (χ1v) is 17.2. The Hall–Kier alpha value is -4.81. The number of ether oxygens (including phenoxy) is 4. The maximum absolute atomic E-state index is 14.9. The minimum atomic E-state index is -5.30. The van der Waals surface area contributed by atoms with Gasteiger partial charge in [-0.1, -0.05) is 35.9 Å². The number of alkyl halides is 3. The zero-order valence-electron chi connectivity index (χ0n) is 28.0. The van der Waals surface area contributed by atoms with Gasteiger partial charge in [0.05, 0.1) is 19.9 Å². The number of piperazine rings is 1. The first-order chi connectivity index (χ1) is 24.3. The lowest BCUT2D eigenvalue weighted by atomic mass is 9.86. The number of nitrogens with zero attached hydrogens (tertiary/aromatic N) is 4. The summed E-state index contributed by atoms with van der Waals surface area (Å²) in [6.07, 6.45) is -3.63. The summed E-state index contributed by atoms with van der Waals surface area (Å²) >= 11 is 6.41. The van der Waals surface area contributed by atoms with Crippen LogP contribution >= 0.6 is 24.0 Å². The molecule has 4 aromatic rings. The largest absolute Gasteiger partial charge is 0.573 e. The third-order valence-electron chi connectivity index (χ3n) is 8.44. The average molecular weight is 802 g/mol. The molecule has 19 heteroatoms. The van der Waals surface area contributed by atoms with Gasteiger partial charge < -0.3 is 34.2 Å². The minimum absolute atomic E-state index is 0. The number of hydrogen-bond acceptors (Lipinski definition) is 10. The van der Waals surface area contributed by atoms with E-state index in [1.807, 2.05) is 17.0 Å². The lowest BCUT2D eigenvalue weighted by Crippen LogP contribution is -2.51. The normalized spacial score (nSPS) is 17.0. The topological polar surface area (TPSA) is 159 Å². The quantitative estimate of drug-likeness (QED) is 0.222. The van der Waals surface area contributed by atoms with E-state index in [1.165, 1.54) is 44.6 Å². The van der Waals surface area contributed by atoms with Crippen LogP contribution < -0.4 is 23.4 Å². The highest BCUT2D eigenvalue weighted by Crippen LogP contribution is 2.52. The zero-order valence-corrected chi connectivity index (χ0v) is 30.4. The Morgan fingerprint density at radius 3 is 2.25 bits per heavy atom. The number of fused-ring (bicyclic) bond motifs is 1. The van der Waals surface area contributed by atoms with Crippen molar-refractivity contribution < 1.29 is 55.6 Å². The van der Waals surface area contributed by atoms with Gasteiger partial charge >= 0.3 is 6.36 Å². The van der Waals surface area contributed by atoms with Crippen LogP contribution in [-0.2, 0) is 30.0 Å². The first-order valence-electron chi connectivity index (χ1n) is 15.3. The van der Waals surface area contributed by atoms with Gasteiger partial charge in [0.2, 0.25) is 11.5 Å². The molecule has 1 unspecified atom stereocenters. The molecule has 0 saturated carbocycles. The Labute approximate surface area is 313 Å². The van der Waals surface area contributed by atoms with Crippen molar-refractivity contribution >= 4 is 57.4 Å². The van der Waals surface area contributed by atoms with Crippen molar-refractivity contribution in [3.8, 4) is 17.2 Å². The fraction of sp³-hybridized carbons (Fsp3) is 0.265. The van der Waals surface area contributed by atoms with Gasteiger partial charge in [0.1, 0.15) is 28.8 Å². The molecule has 1 fully saturated rings. The number of benzene rings is 3. The summed E-state index contributed by atoms with van der Waals surface area (Å²) < 4.78 is 90.7. The van der Waals surface area contributed by atoms with Crippen molar-refractivity contribution in [2.24, 2.45) is 0 Å². The summed E-state index contributed by atoms with van der Waals surface area (Å²) in [5, 5.41) is 0.0752. The van der Waals surface area contributed by atoms with Crippen LogP contribution in [0.15, 0.2) is 90.0 Å². The molecular formula is C34H33Cl2F3N4O9S. The van der Waals surface area contributed by atoms with Crippen molar-refractivity contribution in [2.75, 3.05) is 56.2 Å². The lowest BCUT2D eigenvalue weighted by molar-refractivity contribution is -0.275. The summed E-state index contributed by atoms with van der Waals surface area (Å²) in [4.78, 5) is 35.5. The number of rotatable bonds is 10. The molecule has 13 nitrogen and oxygen atoms in total. The summed E-state index contributed by atoms with van der Waals surface area (Å²) in [5.74, 6) is -2.19. The van der Waals surface area contributed by atoms with Crippen LogP contribution in [0.4, 0.5) is 24.7 Å². The number of anilines is 2. The molecule has 2 N–H and O–H groups in total. The molecule has 0 aliphatic carbocycles. The third kappa shape index (κ3) is 7.79. The highest BCUT2D eigenvalue weighted by Gasteiger charge is 2.59. The van der Waals surface area contributed by atoms with E-state index in [9.17, 15) is 31.2 Å². The van der Waals surface area contributed by atoms with Crippen molar-refractivity contribution in [1.82, 2.24) is 9.88 Å². The molecule has 1 atom stereocenters. The second-order valence-electron chi connectivity index (χ2n) is 11.3. The molecule has 0 bridgehead atoms. The molecule has 3 heterocycles. The van der Waals surface area contributed by atoms with Crippen LogP contribution in [0.5, 0.6) is 17.2 Å². The van der Waals surface area contributed by atoms with Crippen LogP contribution in [0, 0.1) is 0 Å². The zero-order chi connectivity index (χ0) is 36.6.